The number of nitrogens with zero attached hydrogens (tertiary/aromatic N) is 1. The topological polar surface area (TPSA) is 63.7 Å². The van der Waals surface area contributed by atoms with Gasteiger partial charge in [-0.05, 0) is 24.0 Å². The summed E-state index contributed by atoms with van der Waals surface area (Å²) < 4.78 is 4.96. The van der Waals surface area contributed by atoms with Gasteiger partial charge in [-0.25, -0.2) is 0 Å². The van der Waals surface area contributed by atoms with E-state index in [0.717, 1.165) is 16.8 Å². The Hall–Kier alpha value is -2.43. The van der Waals surface area contributed by atoms with E-state index in [9.17, 15) is 14.4 Å². The maximum atomic E-state index is 12.3. The average Bonchev–Trinajstić information content (AvgIpc) is 2.86. The summed E-state index contributed by atoms with van der Waals surface area (Å²) in [5.74, 6) is -1.97. The Morgan fingerprint density at radius 2 is 1.78 bits per heavy atom. The van der Waals surface area contributed by atoms with Crippen LogP contribution >= 0.6 is 0 Å². The summed E-state index contributed by atoms with van der Waals surface area (Å²) in [6, 6.07) is 9.70. The second kappa shape index (κ2) is 5.05. The molecule has 5 heteroatoms. The third-order valence-corrected chi connectivity index (χ3v) is 5.29. The van der Waals surface area contributed by atoms with Crippen LogP contribution in [0, 0.1) is 11.8 Å². The van der Waals surface area contributed by atoms with Crippen molar-refractivity contribution >= 4 is 17.8 Å². The Labute approximate surface area is 133 Å². The number of rotatable bonds is 1. The summed E-state index contributed by atoms with van der Waals surface area (Å²) in [7, 11) is 1.75. The zero-order valence-corrected chi connectivity index (χ0v) is 12.8. The molecule has 118 valence electrons. The Balaban J connectivity index is 1.85. The SMILES string of the molecule is CN1C(=O)CCC2=C1CC(c1ccccc1)C1C(=O)OC(=O)C21. The van der Waals surface area contributed by atoms with Gasteiger partial charge in [0.15, 0.2) is 0 Å². The molecule has 3 atom stereocenters. The lowest BCUT2D eigenvalue weighted by Crippen LogP contribution is -2.40. The fourth-order valence-corrected chi connectivity index (χ4v) is 4.15. The van der Waals surface area contributed by atoms with Crippen molar-refractivity contribution < 1.29 is 19.1 Å². The quantitative estimate of drug-likeness (QED) is 0.588. The number of carbonyl (C=O) groups is 3. The number of esters is 2. The molecule has 3 unspecified atom stereocenters. The Bertz CT molecular complexity index is 737. The summed E-state index contributed by atoms with van der Waals surface area (Å²) in [6.45, 7) is 0. The highest BCUT2D eigenvalue weighted by Gasteiger charge is 2.54. The fourth-order valence-electron chi connectivity index (χ4n) is 4.15. The Kier molecular flexibility index (Phi) is 3.11. The lowest BCUT2D eigenvalue weighted by Gasteiger charge is -2.39. The first-order valence-corrected chi connectivity index (χ1v) is 7.87. The van der Waals surface area contributed by atoms with E-state index < -0.39 is 23.8 Å². The van der Waals surface area contributed by atoms with Gasteiger partial charge in [0.05, 0.1) is 11.8 Å². The highest BCUT2D eigenvalue weighted by atomic mass is 16.6. The smallest absolute Gasteiger partial charge is 0.321 e. The van der Waals surface area contributed by atoms with Crippen molar-refractivity contribution in [3.05, 3.63) is 47.2 Å². The number of allylic oxidation sites excluding steroid dienone is 1. The van der Waals surface area contributed by atoms with E-state index in [-0.39, 0.29) is 11.8 Å². The minimum absolute atomic E-state index is 0.0618. The van der Waals surface area contributed by atoms with E-state index in [1.807, 2.05) is 30.3 Å². The van der Waals surface area contributed by atoms with Crippen molar-refractivity contribution in [2.45, 2.75) is 25.2 Å². The second-order valence-corrected chi connectivity index (χ2v) is 6.39. The third-order valence-electron chi connectivity index (χ3n) is 5.29. The van der Waals surface area contributed by atoms with Crippen LogP contribution in [0.15, 0.2) is 41.6 Å². The van der Waals surface area contributed by atoms with Crippen molar-refractivity contribution in [1.29, 1.82) is 0 Å². The van der Waals surface area contributed by atoms with E-state index in [2.05, 4.69) is 0 Å². The molecule has 1 amide bonds. The van der Waals surface area contributed by atoms with Gasteiger partial charge in [0.1, 0.15) is 0 Å². The number of carbonyl (C=O) groups excluding carboxylic acids is 3. The average molecular weight is 311 g/mol. The fraction of sp³-hybridized carbons (Fsp3) is 0.389. The molecule has 1 saturated heterocycles. The first-order valence-electron chi connectivity index (χ1n) is 7.87. The summed E-state index contributed by atoms with van der Waals surface area (Å²) in [5.41, 5.74) is 2.82. The number of hydrogen-bond donors (Lipinski definition) is 0. The normalized spacial score (nSPS) is 30.2. The molecular formula is C18H17NO4. The summed E-state index contributed by atoms with van der Waals surface area (Å²) in [6.07, 6.45) is 1.52. The van der Waals surface area contributed by atoms with Crippen LogP contribution in [0.2, 0.25) is 0 Å². The molecule has 3 aliphatic rings. The van der Waals surface area contributed by atoms with Gasteiger partial charge in [-0.2, -0.15) is 0 Å². The highest BCUT2D eigenvalue weighted by molar-refractivity contribution is 5.99. The van der Waals surface area contributed by atoms with Gasteiger partial charge in [0.2, 0.25) is 5.91 Å². The molecule has 2 heterocycles. The molecule has 0 radical (unpaired) electrons. The molecule has 4 rings (SSSR count). The molecular weight excluding hydrogens is 294 g/mol. The monoisotopic (exact) mass is 311 g/mol. The third kappa shape index (κ3) is 2.03. The van der Waals surface area contributed by atoms with E-state index >= 15 is 0 Å². The number of fused-ring (bicyclic) bond motifs is 2. The molecule has 1 fully saturated rings. The van der Waals surface area contributed by atoms with Gasteiger partial charge in [-0.3, -0.25) is 14.4 Å². The molecule has 0 saturated carbocycles. The van der Waals surface area contributed by atoms with Gasteiger partial charge in [-0.15, -0.1) is 0 Å². The first-order chi connectivity index (χ1) is 11.1. The van der Waals surface area contributed by atoms with Crippen molar-refractivity contribution in [3.63, 3.8) is 0 Å². The van der Waals surface area contributed by atoms with Crippen LogP contribution in [0.1, 0.15) is 30.7 Å². The van der Waals surface area contributed by atoms with Crippen LogP contribution in [0.4, 0.5) is 0 Å². The number of ether oxygens (including phenoxy) is 1. The molecule has 23 heavy (non-hydrogen) atoms. The Morgan fingerprint density at radius 1 is 1.04 bits per heavy atom. The lowest BCUT2D eigenvalue weighted by atomic mass is 9.67. The van der Waals surface area contributed by atoms with Crippen LogP contribution in [0.5, 0.6) is 0 Å². The number of amides is 1. The predicted molar refractivity (Wildman–Crippen MR) is 80.9 cm³/mol. The van der Waals surface area contributed by atoms with Crippen LogP contribution in [0.25, 0.3) is 0 Å². The molecule has 5 nitrogen and oxygen atoms in total. The highest BCUT2D eigenvalue weighted by Crippen LogP contribution is 2.51. The summed E-state index contributed by atoms with van der Waals surface area (Å²) in [5, 5.41) is 0. The molecule has 0 bridgehead atoms. The zero-order valence-electron chi connectivity index (χ0n) is 12.8. The molecule has 0 aromatic heterocycles. The lowest BCUT2D eigenvalue weighted by molar-refractivity contribution is -0.153. The van der Waals surface area contributed by atoms with E-state index in [0.29, 0.717) is 19.3 Å². The first kappa shape index (κ1) is 14.2. The van der Waals surface area contributed by atoms with E-state index in [1.165, 1.54) is 0 Å². The van der Waals surface area contributed by atoms with Crippen molar-refractivity contribution in [1.82, 2.24) is 4.90 Å². The van der Waals surface area contributed by atoms with Crippen molar-refractivity contribution in [2.75, 3.05) is 7.05 Å². The summed E-state index contributed by atoms with van der Waals surface area (Å²) in [4.78, 5) is 38.2. The van der Waals surface area contributed by atoms with Gasteiger partial charge in [0.25, 0.3) is 0 Å². The maximum absolute atomic E-state index is 12.3. The molecule has 1 aromatic carbocycles. The number of benzene rings is 1. The number of hydrogen-bond acceptors (Lipinski definition) is 4. The van der Waals surface area contributed by atoms with Crippen molar-refractivity contribution in [2.24, 2.45) is 11.8 Å². The molecule has 0 spiro atoms. The van der Waals surface area contributed by atoms with Crippen LogP contribution < -0.4 is 0 Å². The largest absolute Gasteiger partial charge is 0.392 e. The van der Waals surface area contributed by atoms with Gasteiger partial charge < -0.3 is 9.64 Å². The molecule has 0 N–H and O–H groups in total. The van der Waals surface area contributed by atoms with Crippen molar-refractivity contribution in [3.8, 4) is 0 Å². The van der Waals surface area contributed by atoms with Crippen LogP contribution in [-0.2, 0) is 19.1 Å². The summed E-state index contributed by atoms with van der Waals surface area (Å²) >= 11 is 0. The minimum Gasteiger partial charge on any atom is -0.392 e. The van der Waals surface area contributed by atoms with Gasteiger partial charge in [0, 0.05) is 25.1 Å². The standard InChI is InChI=1S/C18H17NO4/c1-19-13-9-12(10-5-3-2-4-6-10)16-15(17(21)23-18(16)22)11(13)7-8-14(19)20/h2-6,12,15-16H,7-9H2,1H3. The predicted octanol–water partition coefficient (Wildman–Crippen LogP) is 2.00. The minimum atomic E-state index is -0.535. The maximum Gasteiger partial charge on any atom is 0.321 e. The zero-order chi connectivity index (χ0) is 16.1. The van der Waals surface area contributed by atoms with Gasteiger partial charge in [-0.1, -0.05) is 30.3 Å². The molecule has 1 aromatic rings. The van der Waals surface area contributed by atoms with Gasteiger partial charge >= 0.3 is 11.9 Å². The van der Waals surface area contributed by atoms with E-state index in [4.69, 9.17) is 4.74 Å². The molecule has 2 aliphatic heterocycles. The Morgan fingerprint density at radius 3 is 2.52 bits per heavy atom. The number of cyclic esters (lactones) is 2. The molecule has 1 aliphatic carbocycles. The second-order valence-electron chi connectivity index (χ2n) is 6.39. The van der Waals surface area contributed by atoms with Crippen LogP contribution in [-0.4, -0.2) is 29.8 Å². The van der Waals surface area contributed by atoms with Crippen LogP contribution in [0.3, 0.4) is 0 Å². The van der Waals surface area contributed by atoms with E-state index in [1.54, 1.807) is 11.9 Å².